The van der Waals surface area contributed by atoms with Crippen molar-refractivity contribution in [2.45, 2.75) is 0 Å². The Bertz CT molecular complexity index is 9410. The first-order valence-electron chi connectivity index (χ1n) is 41.5. The third-order valence-corrected chi connectivity index (χ3v) is 32.5. The summed E-state index contributed by atoms with van der Waals surface area (Å²) in [5.74, 6) is 4.02. The zero-order chi connectivity index (χ0) is 78.0. The molecule has 30 rings (SSSR count). The van der Waals surface area contributed by atoms with Gasteiger partial charge in [0.2, 0.25) is 0 Å². The van der Waals surface area contributed by atoms with Gasteiger partial charge >= 0.3 is 680 Å². The molecule has 0 amide bonds. The van der Waals surface area contributed by atoms with Gasteiger partial charge in [-0.05, 0) is 0 Å². The molecule has 4 aliphatic rings. The van der Waals surface area contributed by atoms with Gasteiger partial charge < -0.3 is 0 Å². The number of fused-ring (bicyclic) bond motifs is 54. The fraction of sp³-hybridized carbons (Fsp3) is 0. The van der Waals surface area contributed by atoms with Gasteiger partial charge in [0, 0.05) is 0 Å². The monoisotopic (exact) mass is 1720 g/mol. The Balaban J connectivity index is 0.809. The molecule has 4 aliphatic heterocycles. The molecule has 6 bridgehead atoms. The third kappa shape index (κ3) is 8.31. The molecule has 0 aliphatic carbocycles. The van der Waals surface area contributed by atoms with Crippen LogP contribution in [0.3, 0.4) is 0 Å². The van der Waals surface area contributed by atoms with Crippen molar-refractivity contribution < 1.29 is 0 Å². The Morgan fingerprint density at radius 3 is 0.579 bits per heavy atom. The molecule has 121 heavy (non-hydrogen) atoms. The summed E-state index contributed by atoms with van der Waals surface area (Å²) >= 11 is -2.89. The van der Waals surface area contributed by atoms with Crippen LogP contribution in [0.1, 0.15) is 22.3 Å². The number of aromatic nitrogens is 2. The number of amidine groups is 4. The van der Waals surface area contributed by atoms with E-state index in [0.29, 0.717) is 23.3 Å². The maximum absolute atomic E-state index is 6.26. The summed E-state index contributed by atoms with van der Waals surface area (Å²) in [5.41, 5.74) is 5.29. The average molecular weight is 1720 g/mol. The van der Waals surface area contributed by atoms with Crippen molar-refractivity contribution in [2.24, 2.45) is 30.0 Å². The van der Waals surface area contributed by atoms with E-state index in [0.717, 1.165) is 109 Å². The van der Waals surface area contributed by atoms with Gasteiger partial charge in [0.05, 0.1) is 0 Å². The number of hydrogen-bond donors (Lipinski definition) is 0. The minimum absolute atomic E-state index is 0.605. The summed E-state index contributed by atoms with van der Waals surface area (Å²) in [6, 6.07) is 128. The van der Waals surface area contributed by atoms with E-state index in [2.05, 4.69) is 344 Å². The van der Waals surface area contributed by atoms with Gasteiger partial charge in [-0.25, -0.2) is 0 Å². The Hall–Kier alpha value is -15.2. The van der Waals surface area contributed by atoms with Crippen LogP contribution < -0.4 is 11.0 Å². The second-order valence-electron chi connectivity index (χ2n) is 33.5. The van der Waals surface area contributed by atoms with E-state index in [1.807, 2.05) is 0 Å². The minimum atomic E-state index is -2.89. The van der Waals surface area contributed by atoms with Crippen molar-refractivity contribution in [2.75, 3.05) is 0 Å². The quantitative estimate of drug-likeness (QED) is 0.107. The summed E-state index contributed by atoms with van der Waals surface area (Å²) in [5, 5.41) is 51.6. The third-order valence-electron chi connectivity index (χ3n) is 27.6. The fourth-order valence-corrected chi connectivity index (χ4v) is 27.3. The molecule has 0 fully saturated rings. The predicted molar refractivity (Wildman–Crippen MR) is 511 cm³/mol. The average Bonchev–Trinajstić information content (AvgIpc) is 1.64. The first kappa shape index (κ1) is 63.9. The molecule has 0 N–H and O–H groups in total. The Morgan fingerprint density at radius 1 is 0.149 bits per heavy atom. The maximum atomic E-state index is 6.26. The van der Waals surface area contributed by atoms with Crippen LogP contribution in [0, 0.1) is 0 Å². The van der Waals surface area contributed by atoms with Crippen LogP contribution in [0.2, 0.25) is 0 Å². The Labute approximate surface area is 698 Å². The van der Waals surface area contributed by atoms with E-state index in [1.165, 1.54) is 172 Å². The van der Waals surface area contributed by atoms with Crippen molar-refractivity contribution in [3.63, 3.8) is 0 Å². The number of aliphatic imine (C=N–C) groups is 4. The second kappa shape index (κ2) is 22.9. The topological polar surface area (TPSA) is 84.0 Å². The molecule has 6 heterocycles. The van der Waals surface area contributed by atoms with Gasteiger partial charge in [0.15, 0.2) is 0 Å². The second-order valence-corrected chi connectivity index (χ2v) is 37.7. The first-order valence-corrected chi connectivity index (χ1v) is 45.0. The Morgan fingerprint density at radius 2 is 0.347 bits per heavy atom. The van der Waals surface area contributed by atoms with Crippen LogP contribution >= 0.6 is 0 Å². The van der Waals surface area contributed by atoms with E-state index in [4.69, 9.17) is 30.0 Å². The van der Waals surface area contributed by atoms with E-state index >= 15 is 0 Å². The van der Waals surface area contributed by atoms with Crippen LogP contribution in [0.15, 0.2) is 370 Å². The molecule has 0 radical (unpaired) electrons. The van der Waals surface area contributed by atoms with Crippen molar-refractivity contribution in [3.8, 4) is 0 Å². The van der Waals surface area contributed by atoms with E-state index in [9.17, 15) is 0 Å². The van der Waals surface area contributed by atoms with Crippen molar-refractivity contribution in [3.05, 3.63) is 373 Å². The number of rotatable bonds is 0. The summed E-state index contributed by atoms with van der Waals surface area (Å²) in [4.78, 5) is 37.0. The molecular weight excluding hydrogens is 1660 g/mol. The van der Waals surface area contributed by atoms with Crippen LogP contribution in [-0.4, -0.2) is 52.9 Å². The van der Waals surface area contributed by atoms with Crippen molar-refractivity contribution in [1.29, 1.82) is 0 Å². The zero-order valence-corrected chi connectivity index (χ0v) is 68.3. The van der Waals surface area contributed by atoms with Gasteiger partial charge in [-0.15, -0.1) is 0 Å². The van der Waals surface area contributed by atoms with Crippen LogP contribution in [0.4, 0.5) is 11.6 Å². The summed E-state index contributed by atoms with van der Waals surface area (Å²) in [6.45, 7) is 0. The molecule has 9 heteroatoms. The molecule has 0 saturated heterocycles. The molecule has 0 saturated carbocycles. The molecule has 546 valence electrons. The zero-order valence-electron chi connectivity index (χ0n) is 64.4. The van der Waals surface area contributed by atoms with Crippen LogP contribution in [0.25, 0.3) is 237 Å². The van der Waals surface area contributed by atoms with Gasteiger partial charge in [0.25, 0.3) is 0 Å². The van der Waals surface area contributed by atoms with Crippen molar-refractivity contribution in [1.82, 2.24) is 4.75 Å². The Kier molecular flexibility index (Phi) is 12.1. The molecular formula is C112H56N8Pb+2. The fourth-order valence-electron chi connectivity index (χ4n) is 22.4. The number of hydrogen-bond acceptors (Lipinski definition) is 6. The number of nitrogens with zero attached hydrogens (tertiary/aromatic N) is 8. The SMILES string of the molecule is c1ccc2c(c1)ccc1c3cc4c(cc3c3ccc5ccccc5c3c21)C1=Nc2c3cc5c(cc3c3[n]2[Pb+2][n]2c(c6cc7c(cc6c2=NC2=NC(=N3)c3cc6c(cc32)c2ccc3ccccc3c2c2c3ccccc3ccc62)c2ccc3ccccc3c2c2c3ccccc3ccc72)=NC4=N1)c1ccc2ccccc2c1c1c2ccccc2ccc51. The molecule has 2 aromatic heterocycles. The summed E-state index contributed by atoms with van der Waals surface area (Å²) < 4.78 is 5.11. The predicted octanol–water partition coefficient (Wildman–Crippen LogP) is 27.5. The normalized spacial score (nSPS) is 13.8. The van der Waals surface area contributed by atoms with Crippen LogP contribution in [-0.2, 0) is 0 Å². The van der Waals surface area contributed by atoms with E-state index in [-0.39, 0.29) is 0 Å². The molecule has 0 atom stereocenters. The standard InChI is InChI=1S/C112H56N8.Pb/c1-9-25-65-57(17-1)33-41-73-81-49-89-90(50-82(81)74-42-34-58-18-2-10-26-66(58)98(74)97(65)73)106-113-105(89)117-107-91-51-83-75-43-35-59-19-3-11-27-67(59)99(75)100-68-28-12-4-20-60(68)36-44-76(100)84(83)52-92(91)109(114-107)119-111-95-55-87-79-47-39-63-23-7-15-31-71(63)103(79)104-72-32-16-8-24-64(72)40-48-80(104)88(87)56-96(95)112(116-111)120-110-94-54-86-78-46-38-62-22-6-14-30-70(62)102(78)101-69-29-13-5-21-61(69)37-45-77(101)85(86)53-93(94)108(115-110)118-106;/h1-56H;/q-2;+4. The summed E-state index contributed by atoms with van der Waals surface area (Å²) in [6.07, 6.45) is 0. The van der Waals surface area contributed by atoms with Crippen LogP contribution in [0.5, 0.6) is 0 Å². The molecule has 8 nitrogen and oxygen atoms in total. The van der Waals surface area contributed by atoms with Crippen molar-refractivity contribution >= 4 is 297 Å². The van der Waals surface area contributed by atoms with Gasteiger partial charge in [-0.1, -0.05) is 24.3 Å². The molecule has 24 aromatic carbocycles. The molecule has 0 unspecified atom stereocenters. The summed E-state index contributed by atoms with van der Waals surface area (Å²) in [7, 11) is 0. The van der Waals surface area contributed by atoms with E-state index in [1.54, 1.807) is 0 Å². The molecule has 26 aromatic rings. The molecule has 0 spiro atoms. The van der Waals surface area contributed by atoms with Gasteiger partial charge in [-0.3, -0.25) is 0 Å². The number of benzene rings is 24. The first-order chi connectivity index (χ1) is 60.0. The van der Waals surface area contributed by atoms with Gasteiger partial charge in [0.1, 0.15) is 0 Å². The van der Waals surface area contributed by atoms with Gasteiger partial charge in [-0.2, -0.15) is 0 Å². The van der Waals surface area contributed by atoms with E-state index < -0.39 is 24.8 Å².